The molecule has 3 N–H and O–H groups in total. The third-order valence-electron chi connectivity index (χ3n) is 2.96. The summed E-state index contributed by atoms with van der Waals surface area (Å²) in [7, 11) is 0. The highest BCUT2D eigenvalue weighted by Crippen LogP contribution is 2.37. The van der Waals surface area contributed by atoms with Gasteiger partial charge in [0.05, 0.1) is 11.6 Å². The highest BCUT2D eigenvalue weighted by Gasteiger charge is 2.32. The number of rotatable bonds is 3. The minimum atomic E-state index is -4.38. The summed E-state index contributed by atoms with van der Waals surface area (Å²) >= 11 is 4.75. The number of alkyl halides is 3. The molecule has 0 radical (unpaired) electrons. The first kappa shape index (κ1) is 15.5. The Hall–Kier alpha value is -0.890. The van der Waals surface area contributed by atoms with E-state index in [1.807, 2.05) is 18.4 Å². The van der Waals surface area contributed by atoms with Crippen LogP contribution in [0.3, 0.4) is 0 Å². The summed E-state index contributed by atoms with van der Waals surface area (Å²) in [5.74, 6) is 5.55. The first-order valence-electron chi connectivity index (χ1n) is 5.71. The Kier molecular flexibility index (Phi) is 4.53. The smallest absolute Gasteiger partial charge is 0.271 e. The van der Waals surface area contributed by atoms with Crippen LogP contribution in [0.1, 0.15) is 27.6 Å². The molecular formula is C13H12BrF3N2S. The Morgan fingerprint density at radius 1 is 1.30 bits per heavy atom. The van der Waals surface area contributed by atoms with Crippen LogP contribution < -0.4 is 11.3 Å². The predicted octanol–water partition coefficient (Wildman–Crippen LogP) is 4.39. The summed E-state index contributed by atoms with van der Waals surface area (Å²) in [5, 5.41) is 1.89. The van der Waals surface area contributed by atoms with Gasteiger partial charge in [-0.1, -0.05) is 15.9 Å². The molecule has 0 spiro atoms. The number of aryl methyl sites for hydroxylation is 1. The minimum Gasteiger partial charge on any atom is -0.271 e. The maximum absolute atomic E-state index is 12.8. The molecule has 2 nitrogen and oxygen atoms in total. The van der Waals surface area contributed by atoms with Crippen molar-refractivity contribution in [3.8, 4) is 0 Å². The first-order chi connectivity index (χ1) is 9.34. The van der Waals surface area contributed by atoms with E-state index in [4.69, 9.17) is 5.84 Å². The molecule has 1 atom stereocenters. The van der Waals surface area contributed by atoms with Gasteiger partial charge in [-0.15, -0.1) is 11.3 Å². The number of nitrogens with one attached hydrogen (secondary N) is 1. The molecule has 1 unspecified atom stereocenters. The van der Waals surface area contributed by atoms with Gasteiger partial charge in [-0.05, 0) is 47.7 Å². The number of hydrogen-bond acceptors (Lipinski definition) is 3. The van der Waals surface area contributed by atoms with Crippen molar-refractivity contribution in [2.24, 2.45) is 5.84 Å². The topological polar surface area (TPSA) is 38.0 Å². The Balaban J connectivity index is 2.52. The molecular weight excluding hydrogens is 353 g/mol. The molecule has 0 aliphatic heterocycles. The summed E-state index contributed by atoms with van der Waals surface area (Å²) < 4.78 is 39.1. The summed E-state index contributed by atoms with van der Waals surface area (Å²) in [6.07, 6.45) is -4.38. The summed E-state index contributed by atoms with van der Waals surface area (Å²) in [4.78, 5) is 0.896. The van der Waals surface area contributed by atoms with Crippen LogP contribution in [-0.4, -0.2) is 0 Å². The summed E-state index contributed by atoms with van der Waals surface area (Å²) in [5.41, 5.74) is 3.36. The van der Waals surface area contributed by atoms with Crippen molar-refractivity contribution in [3.05, 3.63) is 55.7 Å². The lowest BCUT2D eigenvalue weighted by atomic mass is 10.0. The molecule has 108 valence electrons. The van der Waals surface area contributed by atoms with Gasteiger partial charge < -0.3 is 0 Å². The van der Waals surface area contributed by atoms with Crippen LogP contribution in [0.2, 0.25) is 0 Å². The van der Waals surface area contributed by atoms with E-state index < -0.39 is 17.8 Å². The molecule has 20 heavy (non-hydrogen) atoms. The van der Waals surface area contributed by atoms with Crippen molar-refractivity contribution >= 4 is 27.3 Å². The third-order valence-corrected chi connectivity index (χ3v) is 4.77. The number of benzene rings is 1. The second-order valence-electron chi connectivity index (χ2n) is 4.30. The zero-order valence-electron chi connectivity index (χ0n) is 10.5. The van der Waals surface area contributed by atoms with Crippen molar-refractivity contribution in [2.45, 2.75) is 19.1 Å². The van der Waals surface area contributed by atoms with E-state index in [1.54, 1.807) is 0 Å². The highest BCUT2D eigenvalue weighted by molar-refractivity contribution is 9.10. The van der Waals surface area contributed by atoms with Gasteiger partial charge in [0.25, 0.3) is 0 Å². The van der Waals surface area contributed by atoms with E-state index in [9.17, 15) is 13.2 Å². The minimum absolute atomic E-state index is 0.466. The number of halogens is 4. The van der Waals surface area contributed by atoms with Crippen LogP contribution in [0, 0.1) is 6.92 Å². The standard InChI is InChI=1S/C13H12BrF3N2S/c1-7-4-5-20-12(7)11(19-18)9-6-8(13(15,16)17)2-3-10(9)14/h2-6,11,19H,18H2,1H3. The van der Waals surface area contributed by atoms with E-state index in [1.165, 1.54) is 17.4 Å². The van der Waals surface area contributed by atoms with E-state index in [2.05, 4.69) is 21.4 Å². The molecule has 0 bridgehead atoms. The molecule has 7 heteroatoms. The van der Waals surface area contributed by atoms with E-state index >= 15 is 0 Å². The quantitative estimate of drug-likeness (QED) is 0.626. The fourth-order valence-corrected chi connectivity index (χ4v) is 3.41. The van der Waals surface area contributed by atoms with Crippen molar-refractivity contribution in [2.75, 3.05) is 0 Å². The van der Waals surface area contributed by atoms with Gasteiger partial charge in [0.2, 0.25) is 0 Å². The van der Waals surface area contributed by atoms with Crippen molar-refractivity contribution in [1.82, 2.24) is 5.43 Å². The molecule has 1 aromatic heterocycles. The second kappa shape index (κ2) is 5.85. The molecule has 0 saturated heterocycles. The fraction of sp³-hybridized carbons (Fsp3) is 0.231. The Morgan fingerprint density at radius 3 is 2.50 bits per heavy atom. The lowest BCUT2D eigenvalue weighted by Gasteiger charge is -2.19. The fourth-order valence-electron chi connectivity index (χ4n) is 1.93. The van der Waals surface area contributed by atoms with Crippen LogP contribution in [0.5, 0.6) is 0 Å². The van der Waals surface area contributed by atoms with E-state index in [0.717, 1.165) is 22.6 Å². The Labute approximate surface area is 126 Å². The van der Waals surface area contributed by atoms with Crippen molar-refractivity contribution < 1.29 is 13.2 Å². The first-order valence-corrected chi connectivity index (χ1v) is 7.38. The van der Waals surface area contributed by atoms with Gasteiger partial charge in [-0.3, -0.25) is 5.84 Å². The number of thiophene rings is 1. The maximum Gasteiger partial charge on any atom is 0.416 e. The number of hydrogen-bond donors (Lipinski definition) is 2. The maximum atomic E-state index is 12.8. The highest BCUT2D eigenvalue weighted by atomic mass is 79.9. The van der Waals surface area contributed by atoms with Crippen LogP contribution in [0.25, 0.3) is 0 Å². The SMILES string of the molecule is Cc1ccsc1C(NN)c1cc(C(F)(F)F)ccc1Br. The average molecular weight is 365 g/mol. The third kappa shape index (κ3) is 3.06. The van der Waals surface area contributed by atoms with Gasteiger partial charge in [0, 0.05) is 9.35 Å². The molecule has 2 aromatic rings. The van der Waals surface area contributed by atoms with Crippen LogP contribution in [0.4, 0.5) is 13.2 Å². The lowest BCUT2D eigenvalue weighted by molar-refractivity contribution is -0.137. The second-order valence-corrected chi connectivity index (χ2v) is 6.10. The molecule has 1 heterocycles. The van der Waals surface area contributed by atoms with Crippen molar-refractivity contribution in [3.63, 3.8) is 0 Å². The molecule has 0 aliphatic carbocycles. The monoisotopic (exact) mass is 364 g/mol. The molecule has 0 amide bonds. The Morgan fingerprint density at radius 2 is 2.00 bits per heavy atom. The predicted molar refractivity (Wildman–Crippen MR) is 77.4 cm³/mol. The molecule has 0 aliphatic rings. The normalized spacial score (nSPS) is 13.5. The van der Waals surface area contributed by atoms with Gasteiger partial charge in [0.1, 0.15) is 0 Å². The largest absolute Gasteiger partial charge is 0.416 e. The number of nitrogens with two attached hydrogens (primary N) is 1. The Bertz CT molecular complexity index is 610. The van der Waals surface area contributed by atoms with E-state index in [0.29, 0.717) is 10.0 Å². The van der Waals surface area contributed by atoms with Gasteiger partial charge in [-0.2, -0.15) is 13.2 Å². The van der Waals surface area contributed by atoms with Crippen LogP contribution in [0.15, 0.2) is 34.1 Å². The molecule has 1 aromatic carbocycles. The van der Waals surface area contributed by atoms with Gasteiger partial charge in [0.15, 0.2) is 0 Å². The van der Waals surface area contributed by atoms with Gasteiger partial charge >= 0.3 is 6.18 Å². The zero-order chi connectivity index (χ0) is 14.9. The van der Waals surface area contributed by atoms with Crippen LogP contribution >= 0.6 is 27.3 Å². The van der Waals surface area contributed by atoms with Crippen molar-refractivity contribution in [1.29, 1.82) is 0 Å². The average Bonchev–Trinajstić information content (AvgIpc) is 2.78. The van der Waals surface area contributed by atoms with E-state index in [-0.39, 0.29) is 0 Å². The summed E-state index contributed by atoms with van der Waals surface area (Å²) in [6.45, 7) is 1.90. The zero-order valence-corrected chi connectivity index (χ0v) is 12.9. The molecule has 0 saturated carbocycles. The molecule has 0 fully saturated rings. The molecule has 2 rings (SSSR count). The van der Waals surface area contributed by atoms with Gasteiger partial charge in [-0.25, -0.2) is 5.43 Å². The summed E-state index contributed by atoms with van der Waals surface area (Å²) in [6, 6.07) is 4.99. The van der Waals surface area contributed by atoms with Crippen LogP contribution in [-0.2, 0) is 6.18 Å². The lowest BCUT2D eigenvalue weighted by Crippen LogP contribution is -2.29. The number of hydrazine groups is 1.